The van der Waals surface area contributed by atoms with E-state index in [4.69, 9.17) is 9.47 Å². The van der Waals surface area contributed by atoms with Gasteiger partial charge in [0.15, 0.2) is 6.29 Å². The second-order valence-corrected chi connectivity index (χ2v) is 4.77. The fraction of sp³-hybridized carbons (Fsp3) is 0.833. The Morgan fingerprint density at radius 3 is 3.07 bits per heavy atom. The van der Waals surface area contributed by atoms with Gasteiger partial charge in [0.05, 0.1) is 6.61 Å². The first-order valence-corrected chi connectivity index (χ1v) is 6.90. The summed E-state index contributed by atoms with van der Waals surface area (Å²) in [6.07, 6.45) is 8.02. The molecule has 0 radical (unpaired) electrons. The van der Waals surface area contributed by atoms with Crippen LogP contribution >= 0.6 is 15.9 Å². The molecule has 0 saturated carbocycles. The topological polar surface area (TPSA) is 18.5 Å². The second kappa shape index (κ2) is 8.31. The van der Waals surface area contributed by atoms with Crippen molar-refractivity contribution in [3.05, 3.63) is 11.6 Å². The lowest BCUT2D eigenvalue weighted by atomic mass is 10.2. The van der Waals surface area contributed by atoms with Gasteiger partial charge in [-0.3, -0.25) is 0 Å². The Hall–Kier alpha value is 0.140. The highest BCUT2D eigenvalue weighted by atomic mass is 79.9. The van der Waals surface area contributed by atoms with E-state index in [9.17, 15) is 0 Å². The number of hydrogen-bond donors (Lipinski definition) is 0. The Morgan fingerprint density at radius 2 is 2.40 bits per heavy atom. The van der Waals surface area contributed by atoms with Crippen LogP contribution in [0.15, 0.2) is 11.6 Å². The van der Waals surface area contributed by atoms with Gasteiger partial charge in [-0.25, -0.2) is 0 Å². The van der Waals surface area contributed by atoms with Crippen LogP contribution in [0.3, 0.4) is 0 Å². The van der Waals surface area contributed by atoms with E-state index in [1.807, 2.05) is 0 Å². The summed E-state index contributed by atoms with van der Waals surface area (Å²) in [4.78, 5) is 0. The Bertz CT molecular complexity index is 186. The molecule has 0 N–H and O–H groups in total. The van der Waals surface area contributed by atoms with E-state index in [1.54, 1.807) is 0 Å². The smallest absolute Gasteiger partial charge is 0.157 e. The zero-order chi connectivity index (χ0) is 10.9. The molecular weight excluding hydrogens is 256 g/mol. The number of rotatable bonds is 6. The summed E-state index contributed by atoms with van der Waals surface area (Å²) in [6, 6.07) is 0. The molecule has 0 aromatic heterocycles. The SMILES string of the molecule is C/C(=C\COC1CCCCO1)CCCBr. The third kappa shape index (κ3) is 6.33. The first-order chi connectivity index (χ1) is 7.33. The van der Waals surface area contributed by atoms with Crippen LogP contribution in [0.5, 0.6) is 0 Å². The minimum absolute atomic E-state index is 0.0407. The minimum atomic E-state index is 0.0407. The maximum atomic E-state index is 5.62. The van der Waals surface area contributed by atoms with Gasteiger partial charge in [0, 0.05) is 11.9 Å². The average molecular weight is 277 g/mol. The first-order valence-electron chi connectivity index (χ1n) is 5.77. The molecule has 1 aliphatic rings. The molecule has 1 atom stereocenters. The Morgan fingerprint density at radius 1 is 1.53 bits per heavy atom. The number of alkyl halides is 1. The van der Waals surface area contributed by atoms with E-state index < -0.39 is 0 Å². The monoisotopic (exact) mass is 276 g/mol. The molecule has 1 saturated heterocycles. The molecule has 1 heterocycles. The first kappa shape index (κ1) is 13.2. The van der Waals surface area contributed by atoms with Crippen LogP contribution in [-0.2, 0) is 9.47 Å². The average Bonchev–Trinajstić information content (AvgIpc) is 2.28. The molecule has 0 amide bonds. The van der Waals surface area contributed by atoms with Crippen LogP contribution in [0.4, 0.5) is 0 Å². The quantitative estimate of drug-likeness (QED) is 0.545. The van der Waals surface area contributed by atoms with Crippen molar-refractivity contribution in [2.24, 2.45) is 0 Å². The molecule has 3 heteroatoms. The second-order valence-electron chi connectivity index (χ2n) is 3.97. The molecule has 0 aromatic carbocycles. The van der Waals surface area contributed by atoms with Gasteiger partial charge < -0.3 is 9.47 Å². The standard InChI is InChI=1S/C12H21BrO2/c1-11(5-4-8-13)7-10-15-12-6-2-3-9-14-12/h7,12H,2-6,8-10H2,1H3/b11-7+. The molecule has 0 aliphatic carbocycles. The van der Waals surface area contributed by atoms with Crippen molar-refractivity contribution in [2.45, 2.75) is 45.3 Å². The van der Waals surface area contributed by atoms with Crippen LogP contribution in [0.25, 0.3) is 0 Å². The summed E-state index contributed by atoms with van der Waals surface area (Å²) < 4.78 is 11.1. The van der Waals surface area contributed by atoms with Gasteiger partial charge >= 0.3 is 0 Å². The van der Waals surface area contributed by atoms with Crippen molar-refractivity contribution in [2.75, 3.05) is 18.5 Å². The van der Waals surface area contributed by atoms with Gasteiger partial charge in [-0.1, -0.05) is 27.6 Å². The Labute approximate surface area is 101 Å². The van der Waals surface area contributed by atoms with Crippen molar-refractivity contribution < 1.29 is 9.47 Å². The summed E-state index contributed by atoms with van der Waals surface area (Å²) in [6.45, 7) is 3.71. The molecule has 0 aromatic rings. The normalized spacial score (nSPS) is 23.1. The van der Waals surface area contributed by atoms with Gasteiger partial charge in [-0.15, -0.1) is 0 Å². The fourth-order valence-corrected chi connectivity index (χ4v) is 1.87. The van der Waals surface area contributed by atoms with E-state index in [0.717, 1.165) is 24.8 Å². The Kier molecular flexibility index (Phi) is 7.32. The van der Waals surface area contributed by atoms with E-state index in [1.165, 1.54) is 24.8 Å². The summed E-state index contributed by atoms with van der Waals surface area (Å²) >= 11 is 3.43. The third-order valence-corrected chi connectivity index (χ3v) is 3.12. The van der Waals surface area contributed by atoms with Crippen LogP contribution in [-0.4, -0.2) is 24.8 Å². The number of hydrogen-bond acceptors (Lipinski definition) is 2. The van der Waals surface area contributed by atoms with Gasteiger partial charge in [0.25, 0.3) is 0 Å². The molecule has 15 heavy (non-hydrogen) atoms. The largest absolute Gasteiger partial charge is 0.353 e. The molecule has 0 spiro atoms. The lowest BCUT2D eigenvalue weighted by molar-refractivity contribution is -0.155. The van der Waals surface area contributed by atoms with Crippen LogP contribution in [0.2, 0.25) is 0 Å². The lowest BCUT2D eigenvalue weighted by Gasteiger charge is -2.22. The summed E-state index contributed by atoms with van der Waals surface area (Å²) in [5, 5.41) is 1.07. The highest BCUT2D eigenvalue weighted by molar-refractivity contribution is 9.09. The van der Waals surface area contributed by atoms with E-state index in [0.29, 0.717) is 6.61 Å². The van der Waals surface area contributed by atoms with E-state index in [2.05, 4.69) is 28.9 Å². The summed E-state index contributed by atoms with van der Waals surface area (Å²) in [7, 11) is 0. The van der Waals surface area contributed by atoms with Crippen LogP contribution < -0.4 is 0 Å². The predicted octanol–water partition coefficient (Wildman–Crippen LogP) is 3.65. The third-order valence-electron chi connectivity index (χ3n) is 2.56. The molecule has 1 aliphatic heterocycles. The molecule has 1 rings (SSSR count). The lowest BCUT2D eigenvalue weighted by Crippen LogP contribution is -2.22. The van der Waals surface area contributed by atoms with Crippen molar-refractivity contribution in [3.63, 3.8) is 0 Å². The molecule has 1 fully saturated rings. The van der Waals surface area contributed by atoms with E-state index in [-0.39, 0.29) is 6.29 Å². The predicted molar refractivity (Wildman–Crippen MR) is 66.3 cm³/mol. The van der Waals surface area contributed by atoms with Crippen molar-refractivity contribution in [3.8, 4) is 0 Å². The zero-order valence-corrected chi connectivity index (χ0v) is 11.1. The zero-order valence-electron chi connectivity index (χ0n) is 9.51. The van der Waals surface area contributed by atoms with Crippen molar-refractivity contribution in [1.29, 1.82) is 0 Å². The Balaban J connectivity index is 2.07. The molecular formula is C12H21BrO2. The molecule has 1 unspecified atom stereocenters. The number of halogens is 1. The summed E-state index contributed by atoms with van der Waals surface area (Å²) in [5.74, 6) is 0. The van der Waals surface area contributed by atoms with Gasteiger partial charge in [-0.2, -0.15) is 0 Å². The molecule has 88 valence electrons. The maximum Gasteiger partial charge on any atom is 0.157 e. The fourth-order valence-electron chi connectivity index (χ4n) is 1.59. The minimum Gasteiger partial charge on any atom is -0.353 e. The van der Waals surface area contributed by atoms with Gasteiger partial charge in [0.2, 0.25) is 0 Å². The van der Waals surface area contributed by atoms with Gasteiger partial charge in [-0.05, 0) is 39.0 Å². The van der Waals surface area contributed by atoms with Gasteiger partial charge in [0.1, 0.15) is 0 Å². The van der Waals surface area contributed by atoms with E-state index >= 15 is 0 Å². The molecule has 0 bridgehead atoms. The van der Waals surface area contributed by atoms with Crippen LogP contribution in [0, 0.1) is 0 Å². The maximum absolute atomic E-state index is 5.62. The highest BCUT2D eigenvalue weighted by Crippen LogP contribution is 2.14. The number of ether oxygens (including phenoxy) is 2. The summed E-state index contributed by atoms with van der Waals surface area (Å²) in [5.41, 5.74) is 1.41. The number of allylic oxidation sites excluding steroid dienone is 1. The van der Waals surface area contributed by atoms with Crippen molar-refractivity contribution in [1.82, 2.24) is 0 Å². The molecule has 2 nitrogen and oxygen atoms in total. The highest BCUT2D eigenvalue weighted by Gasteiger charge is 2.12. The van der Waals surface area contributed by atoms with Crippen molar-refractivity contribution >= 4 is 15.9 Å². The van der Waals surface area contributed by atoms with Crippen LogP contribution in [0.1, 0.15) is 39.0 Å².